The number of carbonyl (C=O) groups excluding carboxylic acids is 1. The Morgan fingerprint density at radius 3 is 2.52 bits per heavy atom. The third kappa shape index (κ3) is 5.40. The fraction of sp³-hybridized carbons (Fsp3) is 0.0667. The van der Waals surface area contributed by atoms with E-state index in [1.54, 1.807) is 6.07 Å². The molecule has 10 heteroatoms. The first-order valence-electron chi connectivity index (χ1n) is 6.87. The van der Waals surface area contributed by atoms with E-state index in [4.69, 9.17) is 16.9 Å². The Bertz CT molecular complexity index is 900. The minimum absolute atomic E-state index is 0.103. The van der Waals surface area contributed by atoms with E-state index in [1.165, 1.54) is 36.5 Å². The van der Waals surface area contributed by atoms with Crippen LogP contribution in [-0.2, 0) is 12.4 Å². The van der Waals surface area contributed by atoms with Gasteiger partial charge in [0.05, 0.1) is 10.2 Å². The summed E-state index contributed by atoms with van der Waals surface area (Å²) in [4.78, 5) is 14.9. The van der Waals surface area contributed by atoms with E-state index in [2.05, 4.69) is 14.2 Å². The van der Waals surface area contributed by atoms with E-state index in [1.807, 2.05) is 24.3 Å². The Hall–Kier alpha value is -1.67. The summed E-state index contributed by atoms with van der Waals surface area (Å²) in [6.45, 7) is 1.27. The molecule has 1 heterocycles. The predicted molar refractivity (Wildman–Crippen MR) is 97.4 cm³/mol. The van der Waals surface area contributed by atoms with Gasteiger partial charge in [-0.25, -0.2) is 4.98 Å². The van der Waals surface area contributed by atoms with Crippen LogP contribution in [-0.4, -0.2) is 34.4 Å². The van der Waals surface area contributed by atoms with E-state index in [0.29, 0.717) is 4.47 Å². The molecule has 3 aromatic rings. The average Bonchev–Trinajstić information content (AvgIpc) is 2.95. The van der Waals surface area contributed by atoms with Gasteiger partial charge in [0, 0.05) is 0 Å². The molecule has 1 amide bonds. The molecule has 25 heavy (non-hydrogen) atoms. The van der Waals surface area contributed by atoms with Crippen molar-refractivity contribution in [1.29, 1.82) is 0 Å². The van der Waals surface area contributed by atoms with E-state index < -0.39 is 14.2 Å². The fourth-order valence-electron chi connectivity index (χ4n) is 1.90. The number of nitrogens with zero attached hydrogens (tertiary/aromatic N) is 1. The molecule has 0 bridgehead atoms. The molecule has 0 aliphatic rings. The third-order valence-corrected chi connectivity index (χ3v) is 6.60. The second-order valence-electron chi connectivity index (χ2n) is 4.73. The van der Waals surface area contributed by atoms with Gasteiger partial charge in [0.1, 0.15) is 0 Å². The van der Waals surface area contributed by atoms with Gasteiger partial charge in [-0.15, -0.1) is 11.3 Å². The molecule has 1 atom stereocenters. The molecule has 0 aliphatic heterocycles. The van der Waals surface area contributed by atoms with Crippen molar-refractivity contribution < 1.29 is 21.8 Å². The van der Waals surface area contributed by atoms with Gasteiger partial charge in [-0.05, 0) is 12.1 Å². The van der Waals surface area contributed by atoms with Crippen LogP contribution in [0.1, 0.15) is 6.92 Å². The molecule has 0 saturated heterocycles. The Labute approximate surface area is 155 Å². The molecule has 1 aromatic heterocycles. The fourth-order valence-corrected chi connectivity index (χ4v) is 4.61. The molecular weight excluding hydrogens is 431 g/mol. The number of hydrogen-bond acceptors (Lipinski definition) is 6. The first-order valence-corrected chi connectivity index (χ1v) is 11.4. The number of amides is 1. The Morgan fingerprint density at radius 2 is 1.88 bits per heavy atom. The minimum Gasteiger partial charge on any atom is -0.225 e. The molecule has 3 N–H and O–H groups in total. The molecule has 0 radical (unpaired) electrons. The molecular formula is C15H14AsClN2O5S. The maximum absolute atomic E-state index is 11.4. The van der Waals surface area contributed by atoms with Crippen molar-refractivity contribution in [3.05, 3.63) is 53.0 Å². The summed E-state index contributed by atoms with van der Waals surface area (Å²) in [5.41, 5.74) is 1.14. The monoisotopic (exact) mass is 444 g/mol. The van der Waals surface area contributed by atoms with Crippen LogP contribution < -0.4 is 9.67 Å². The van der Waals surface area contributed by atoms with Crippen molar-refractivity contribution in [3.63, 3.8) is 0 Å². The van der Waals surface area contributed by atoms with Crippen molar-refractivity contribution in [2.75, 3.05) is 5.32 Å². The molecule has 132 valence electrons. The van der Waals surface area contributed by atoms with Crippen LogP contribution in [0.5, 0.6) is 0 Å². The van der Waals surface area contributed by atoms with Gasteiger partial charge in [-0.2, -0.15) is 0 Å². The second-order valence-corrected chi connectivity index (χ2v) is 9.88. The number of aromatic nitrogens is 1. The number of hydrogen-bond donors (Lipinski definition) is 3. The Morgan fingerprint density at radius 1 is 1.24 bits per heavy atom. The van der Waals surface area contributed by atoms with E-state index in [0.717, 1.165) is 10.2 Å². The number of carbonyl (C=O) groups is 1. The Kier molecular flexibility index (Phi) is 6.77. The topological polar surface area (TPSA) is 109 Å². The predicted octanol–water partition coefficient (Wildman–Crippen LogP) is 2.65. The summed E-state index contributed by atoms with van der Waals surface area (Å²) in [6.07, 6.45) is 0. The smallest absolute Gasteiger partial charge is 0.184 e. The van der Waals surface area contributed by atoms with Gasteiger partial charge in [0.2, 0.25) is 0 Å². The quantitative estimate of drug-likeness (QED) is 0.325. The van der Waals surface area contributed by atoms with E-state index in [9.17, 15) is 12.6 Å². The van der Waals surface area contributed by atoms with Crippen molar-refractivity contribution in [2.45, 2.75) is 6.92 Å². The minimum atomic E-state index is -4.92. The first kappa shape index (κ1) is 19.7. The van der Waals surface area contributed by atoms with Gasteiger partial charge in [0.15, 0.2) is 4.47 Å². The average molecular weight is 445 g/mol. The maximum atomic E-state index is 11.4. The summed E-state index contributed by atoms with van der Waals surface area (Å²) in [7, 11) is 0. The van der Waals surface area contributed by atoms with Gasteiger partial charge in [0.25, 0.3) is 0 Å². The zero-order valence-corrected chi connectivity index (χ0v) is 16.4. The summed E-state index contributed by atoms with van der Waals surface area (Å²) >= 11 is 2.27. The van der Waals surface area contributed by atoms with Crippen molar-refractivity contribution in [2.24, 2.45) is 0 Å². The van der Waals surface area contributed by atoms with Gasteiger partial charge in [-0.1, -0.05) is 23.7 Å². The van der Waals surface area contributed by atoms with Crippen molar-refractivity contribution >= 4 is 63.3 Å². The molecule has 0 spiro atoms. The number of rotatable bonds is 3. The first-order chi connectivity index (χ1) is 11.8. The maximum Gasteiger partial charge on any atom is 0.184 e. The van der Waals surface area contributed by atoms with Crippen molar-refractivity contribution in [3.8, 4) is 0 Å². The molecule has 0 saturated carbocycles. The zero-order chi connectivity index (χ0) is 18.4. The molecule has 0 fully saturated rings. The molecule has 0 aliphatic carbocycles. The normalized spacial score (nSPS) is 12.8. The number of benzene rings is 2. The van der Waals surface area contributed by atoms with Crippen LogP contribution in [0, 0.1) is 0 Å². The third-order valence-electron chi connectivity index (χ3n) is 2.90. The van der Waals surface area contributed by atoms with Gasteiger partial charge in [-0.3, -0.25) is 0 Å². The van der Waals surface area contributed by atoms with Crippen molar-refractivity contribution in [1.82, 2.24) is 4.98 Å². The van der Waals surface area contributed by atoms with Gasteiger partial charge >= 0.3 is 88.4 Å². The number of para-hydroxylation sites is 2. The molecule has 2 aromatic carbocycles. The number of thiazole rings is 1. The molecule has 1 unspecified atom stereocenters. The van der Waals surface area contributed by atoms with Crippen LogP contribution in [0.2, 0.25) is 4.47 Å². The van der Waals surface area contributed by atoms with Crippen LogP contribution in [0.25, 0.3) is 10.2 Å². The van der Waals surface area contributed by atoms with E-state index in [-0.39, 0.29) is 15.9 Å². The summed E-state index contributed by atoms with van der Waals surface area (Å²) < 4.78 is 25.9. The standard InChI is InChI=1S/C8H10AsNO5.C7H4ClNS/c1-6(11)10-8-5-3-2-4-7(8)9(12,13)15-14;8-7-9-5-3-1-2-4-6(5)10-7/h2-5,14H,1H3,(H,10,11)(H,12,13);1-4H. The second kappa shape index (κ2) is 8.62. The summed E-state index contributed by atoms with van der Waals surface area (Å²) in [5, 5.41) is 10.7. The summed E-state index contributed by atoms with van der Waals surface area (Å²) in [6, 6.07) is 13.7. The Balaban J connectivity index is 0.000000194. The molecule has 7 nitrogen and oxygen atoms in total. The van der Waals surface area contributed by atoms with Gasteiger partial charge < -0.3 is 0 Å². The van der Waals surface area contributed by atoms with Crippen LogP contribution >= 0.6 is 22.9 Å². The van der Waals surface area contributed by atoms with Crippen LogP contribution in [0.4, 0.5) is 5.69 Å². The van der Waals surface area contributed by atoms with Crippen LogP contribution in [0.15, 0.2) is 48.5 Å². The summed E-state index contributed by atoms with van der Waals surface area (Å²) in [5.74, 6) is -0.379. The SMILES string of the molecule is CC(=O)Nc1ccccc1[As](=O)(O)OO.Clc1nc2ccccc2s1. The molecule has 3 rings (SSSR count). The largest absolute Gasteiger partial charge is 0.225 e. The number of halogens is 1. The number of fused-ring (bicyclic) bond motifs is 1. The number of nitrogens with one attached hydrogen (secondary N) is 1. The van der Waals surface area contributed by atoms with E-state index >= 15 is 0 Å². The zero-order valence-electron chi connectivity index (χ0n) is 12.9. The number of anilines is 1. The van der Waals surface area contributed by atoms with Crippen LogP contribution in [0.3, 0.4) is 0 Å².